The summed E-state index contributed by atoms with van der Waals surface area (Å²) in [6.45, 7) is 2.31. The lowest BCUT2D eigenvalue weighted by Crippen LogP contribution is -2.27. The number of hydrogen-bond donors (Lipinski definition) is 1. The zero-order valence-electron chi connectivity index (χ0n) is 7.86. The highest BCUT2D eigenvalue weighted by Crippen LogP contribution is 2.11. The van der Waals surface area contributed by atoms with Crippen LogP contribution in [-0.2, 0) is 6.54 Å². The van der Waals surface area contributed by atoms with Crippen LogP contribution >= 0.6 is 15.9 Å². The van der Waals surface area contributed by atoms with Crippen molar-refractivity contribution in [1.82, 2.24) is 5.32 Å². The van der Waals surface area contributed by atoms with Crippen molar-refractivity contribution >= 4 is 15.9 Å². The van der Waals surface area contributed by atoms with Gasteiger partial charge in [-0.3, -0.25) is 0 Å². The van der Waals surface area contributed by atoms with E-state index in [0.717, 1.165) is 11.4 Å². The quantitative estimate of drug-likeness (QED) is 0.824. The summed E-state index contributed by atoms with van der Waals surface area (Å²) in [5.41, 5.74) is 0.359. The van der Waals surface area contributed by atoms with Gasteiger partial charge in [0.15, 0.2) is 11.6 Å². The molecule has 1 N–H and O–H groups in total. The fraction of sp³-hybridized carbons (Fsp3) is 0.400. The van der Waals surface area contributed by atoms with Crippen molar-refractivity contribution in [2.24, 2.45) is 0 Å². The fourth-order valence-corrected chi connectivity index (χ4v) is 1.25. The zero-order valence-corrected chi connectivity index (χ0v) is 9.44. The predicted molar refractivity (Wildman–Crippen MR) is 56.5 cm³/mol. The Labute approximate surface area is 90.6 Å². The standard InChI is InChI=1S/C10H12BrF2N/c1-7(5-11)14-6-8-3-2-4-9(12)10(8)13/h2-4,7,14H,5-6H2,1H3. The van der Waals surface area contributed by atoms with Crippen LogP contribution in [0.1, 0.15) is 12.5 Å². The first-order valence-corrected chi connectivity index (χ1v) is 5.49. The lowest BCUT2D eigenvalue weighted by atomic mass is 10.2. The van der Waals surface area contributed by atoms with Gasteiger partial charge in [0.1, 0.15) is 0 Å². The number of hydrogen-bond acceptors (Lipinski definition) is 1. The van der Waals surface area contributed by atoms with Gasteiger partial charge in [0.25, 0.3) is 0 Å². The summed E-state index contributed by atoms with van der Waals surface area (Å²) in [5, 5.41) is 3.84. The van der Waals surface area contributed by atoms with Crippen LogP contribution in [0.25, 0.3) is 0 Å². The van der Waals surface area contributed by atoms with Crippen molar-refractivity contribution in [3.05, 3.63) is 35.4 Å². The van der Waals surface area contributed by atoms with Gasteiger partial charge in [0.05, 0.1) is 0 Å². The molecule has 0 aliphatic heterocycles. The minimum absolute atomic E-state index is 0.234. The molecule has 1 rings (SSSR count). The lowest BCUT2D eigenvalue weighted by molar-refractivity contribution is 0.487. The van der Waals surface area contributed by atoms with Gasteiger partial charge in [-0.1, -0.05) is 28.1 Å². The minimum Gasteiger partial charge on any atom is -0.309 e. The third-order valence-corrected chi connectivity index (χ3v) is 2.88. The van der Waals surface area contributed by atoms with Crippen molar-refractivity contribution in [1.29, 1.82) is 0 Å². The molecule has 0 saturated heterocycles. The molecule has 0 heterocycles. The molecule has 0 amide bonds. The molecule has 0 fully saturated rings. The van der Waals surface area contributed by atoms with Gasteiger partial charge >= 0.3 is 0 Å². The predicted octanol–water partition coefficient (Wildman–Crippen LogP) is 2.84. The van der Waals surface area contributed by atoms with Crippen LogP contribution in [0, 0.1) is 11.6 Å². The molecular formula is C10H12BrF2N. The topological polar surface area (TPSA) is 12.0 Å². The number of benzene rings is 1. The van der Waals surface area contributed by atoms with E-state index < -0.39 is 11.6 Å². The van der Waals surface area contributed by atoms with Crippen LogP contribution < -0.4 is 5.32 Å². The molecule has 0 bridgehead atoms. The second kappa shape index (κ2) is 5.41. The molecule has 4 heteroatoms. The summed E-state index contributed by atoms with van der Waals surface area (Å²) in [5.74, 6) is -1.56. The summed E-state index contributed by atoms with van der Waals surface area (Å²) in [7, 11) is 0. The van der Waals surface area contributed by atoms with Crippen LogP contribution in [-0.4, -0.2) is 11.4 Å². The van der Waals surface area contributed by atoms with E-state index in [9.17, 15) is 8.78 Å². The fourth-order valence-electron chi connectivity index (χ4n) is 1.02. The van der Waals surface area contributed by atoms with Crippen molar-refractivity contribution in [2.45, 2.75) is 19.5 Å². The maximum atomic E-state index is 13.1. The third-order valence-electron chi connectivity index (χ3n) is 1.90. The SMILES string of the molecule is CC(CBr)NCc1cccc(F)c1F. The van der Waals surface area contributed by atoms with Crippen molar-refractivity contribution < 1.29 is 8.78 Å². The van der Waals surface area contributed by atoms with Crippen LogP contribution in [0.15, 0.2) is 18.2 Å². The maximum Gasteiger partial charge on any atom is 0.163 e. The molecule has 0 radical (unpaired) electrons. The molecule has 1 atom stereocenters. The van der Waals surface area contributed by atoms with Crippen LogP contribution in [0.4, 0.5) is 8.78 Å². The highest BCUT2D eigenvalue weighted by Gasteiger charge is 2.07. The van der Waals surface area contributed by atoms with Crippen LogP contribution in [0.2, 0.25) is 0 Å². The molecule has 1 aromatic rings. The smallest absolute Gasteiger partial charge is 0.163 e. The number of rotatable bonds is 4. The van der Waals surface area contributed by atoms with Crippen LogP contribution in [0.5, 0.6) is 0 Å². The Bertz CT molecular complexity index is 304. The molecule has 1 aromatic carbocycles. The number of alkyl halides is 1. The van der Waals surface area contributed by atoms with Crippen LogP contribution in [0.3, 0.4) is 0 Å². The summed E-state index contributed by atoms with van der Waals surface area (Å²) in [6, 6.07) is 4.44. The Balaban J connectivity index is 2.63. The largest absolute Gasteiger partial charge is 0.309 e. The average molecular weight is 264 g/mol. The monoisotopic (exact) mass is 263 g/mol. The molecule has 0 aromatic heterocycles. The molecule has 1 nitrogen and oxygen atoms in total. The van der Waals surface area contributed by atoms with E-state index >= 15 is 0 Å². The van der Waals surface area contributed by atoms with Gasteiger partial charge < -0.3 is 5.32 Å². The molecule has 78 valence electrons. The first kappa shape index (κ1) is 11.6. The first-order chi connectivity index (χ1) is 6.65. The Kier molecular flexibility index (Phi) is 4.48. The van der Waals surface area contributed by atoms with Gasteiger partial charge in [-0.25, -0.2) is 8.78 Å². The van der Waals surface area contributed by atoms with E-state index in [4.69, 9.17) is 0 Å². The summed E-state index contributed by atoms with van der Waals surface area (Å²) >= 11 is 3.29. The number of halogens is 3. The summed E-state index contributed by atoms with van der Waals surface area (Å²) < 4.78 is 25.9. The average Bonchev–Trinajstić information content (AvgIpc) is 2.20. The van der Waals surface area contributed by atoms with E-state index in [2.05, 4.69) is 21.2 Å². The minimum atomic E-state index is -0.796. The molecule has 0 aliphatic carbocycles. The molecular weight excluding hydrogens is 252 g/mol. The first-order valence-electron chi connectivity index (χ1n) is 4.37. The van der Waals surface area contributed by atoms with Gasteiger partial charge in [-0.2, -0.15) is 0 Å². The van der Waals surface area contributed by atoms with Crippen molar-refractivity contribution in [3.8, 4) is 0 Å². The maximum absolute atomic E-state index is 13.1. The Morgan fingerprint density at radius 1 is 1.43 bits per heavy atom. The Morgan fingerprint density at radius 3 is 2.79 bits per heavy atom. The second-order valence-electron chi connectivity index (χ2n) is 3.15. The van der Waals surface area contributed by atoms with E-state index in [1.165, 1.54) is 6.07 Å². The molecule has 0 saturated carbocycles. The molecule has 0 aliphatic rings. The van der Waals surface area contributed by atoms with Gasteiger partial charge in [0.2, 0.25) is 0 Å². The summed E-state index contributed by atoms with van der Waals surface area (Å²) in [4.78, 5) is 0. The summed E-state index contributed by atoms with van der Waals surface area (Å²) in [6.07, 6.45) is 0. The zero-order chi connectivity index (χ0) is 10.6. The normalized spacial score (nSPS) is 12.9. The van der Waals surface area contributed by atoms with Gasteiger partial charge in [-0.05, 0) is 13.0 Å². The number of nitrogens with one attached hydrogen (secondary N) is 1. The molecule has 0 spiro atoms. The third kappa shape index (κ3) is 3.03. The molecule has 1 unspecified atom stereocenters. The van der Waals surface area contributed by atoms with E-state index in [-0.39, 0.29) is 6.04 Å². The van der Waals surface area contributed by atoms with Crippen molar-refractivity contribution in [3.63, 3.8) is 0 Å². The Morgan fingerprint density at radius 2 is 2.14 bits per heavy atom. The van der Waals surface area contributed by atoms with Crippen molar-refractivity contribution in [2.75, 3.05) is 5.33 Å². The Hall–Kier alpha value is -0.480. The van der Waals surface area contributed by atoms with Gasteiger partial charge in [0, 0.05) is 23.5 Å². The lowest BCUT2D eigenvalue weighted by Gasteiger charge is -2.10. The van der Waals surface area contributed by atoms with Gasteiger partial charge in [-0.15, -0.1) is 0 Å². The highest BCUT2D eigenvalue weighted by molar-refractivity contribution is 9.09. The molecule has 14 heavy (non-hydrogen) atoms. The van der Waals surface area contributed by atoms with E-state index in [1.54, 1.807) is 6.07 Å². The second-order valence-corrected chi connectivity index (χ2v) is 3.80. The van der Waals surface area contributed by atoms with E-state index in [0.29, 0.717) is 12.1 Å². The van der Waals surface area contributed by atoms with E-state index in [1.807, 2.05) is 6.92 Å². The highest BCUT2D eigenvalue weighted by atomic mass is 79.9.